The number of rotatable bonds is 11. The molecule has 0 spiro atoms. The molecule has 7 heteroatoms. The molecule has 1 N–H and O–H groups in total. The Bertz CT molecular complexity index is 815. The van der Waals surface area contributed by atoms with Gasteiger partial charge < -0.3 is 10.2 Å². The Morgan fingerprint density at radius 2 is 1.73 bits per heavy atom. The molecule has 0 aliphatic carbocycles. The number of carbonyl (C=O) groups excluding carboxylic acids is 2. The minimum atomic E-state index is -0.565. The third-order valence-corrected chi connectivity index (χ3v) is 6.19. The molecule has 4 nitrogen and oxygen atoms in total. The van der Waals surface area contributed by atoms with E-state index in [1.807, 2.05) is 24.3 Å². The first-order valence-electron chi connectivity index (χ1n) is 10.0. The number of halogens is 2. The Morgan fingerprint density at radius 3 is 2.37 bits per heavy atom. The van der Waals surface area contributed by atoms with Crippen LogP contribution in [0.5, 0.6) is 0 Å². The van der Waals surface area contributed by atoms with Gasteiger partial charge in [0.25, 0.3) is 0 Å². The predicted octanol–water partition coefficient (Wildman–Crippen LogP) is 5.16. The summed E-state index contributed by atoms with van der Waals surface area (Å²) < 4.78 is 14.0. The summed E-state index contributed by atoms with van der Waals surface area (Å²) in [7, 11) is 0. The van der Waals surface area contributed by atoms with Crippen LogP contribution < -0.4 is 5.32 Å². The van der Waals surface area contributed by atoms with Gasteiger partial charge in [-0.15, -0.1) is 11.8 Å². The van der Waals surface area contributed by atoms with E-state index in [1.165, 1.54) is 23.9 Å². The van der Waals surface area contributed by atoms with Crippen molar-refractivity contribution >= 4 is 39.5 Å². The van der Waals surface area contributed by atoms with Crippen molar-refractivity contribution in [3.05, 3.63) is 69.9 Å². The maximum atomic E-state index is 13.0. The minimum Gasteiger partial charge on any atom is -0.354 e. The zero-order chi connectivity index (χ0) is 21.9. The van der Waals surface area contributed by atoms with Crippen molar-refractivity contribution in [2.45, 2.75) is 45.0 Å². The van der Waals surface area contributed by atoms with Crippen molar-refractivity contribution in [1.82, 2.24) is 10.2 Å². The van der Waals surface area contributed by atoms with E-state index in [2.05, 4.69) is 28.2 Å². The lowest BCUT2D eigenvalue weighted by Gasteiger charge is -2.29. The molecule has 0 saturated carbocycles. The number of amides is 2. The number of thioether (sulfide) groups is 1. The van der Waals surface area contributed by atoms with Crippen LogP contribution in [0, 0.1) is 5.82 Å². The molecule has 0 fully saturated rings. The topological polar surface area (TPSA) is 49.4 Å². The fourth-order valence-electron chi connectivity index (χ4n) is 2.82. The molecule has 1 atom stereocenters. The molecule has 0 bridgehead atoms. The van der Waals surface area contributed by atoms with E-state index in [0.717, 1.165) is 28.4 Å². The third-order valence-electron chi connectivity index (χ3n) is 4.67. The largest absolute Gasteiger partial charge is 0.354 e. The van der Waals surface area contributed by atoms with Crippen LogP contribution in [0.15, 0.2) is 53.0 Å². The van der Waals surface area contributed by atoms with Gasteiger partial charge in [-0.25, -0.2) is 4.39 Å². The molecular formula is C23H28BrFN2O2S. The van der Waals surface area contributed by atoms with E-state index in [0.29, 0.717) is 18.8 Å². The molecule has 30 heavy (non-hydrogen) atoms. The highest BCUT2D eigenvalue weighted by atomic mass is 79.9. The molecule has 0 saturated heterocycles. The van der Waals surface area contributed by atoms with Crippen LogP contribution in [-0.2, 0) is 21.9 Å². The maximum Gasteiger partial charge on any atom is 0.242 e. The smallest absolute Gasteiger partial charge is 0.242 e. The van der Waals surface area contributed by atoms with Gasteiger partial charge in [-0.1, -0.05) is 53.5 Å². The lowest BCUT2D eigenvalue weighted by atomic mass is 10.1. The van der Waals surface area contributed by atoms with Gasteiger partial charge in [-0.2, -0.15) is 0 Å². The highest BCUT2D eigenvalue weighted by molar-refractivity contribution is 9.10. The highest BCUT2D eigenvalue weighted by Gasteiger charge is 2.25. The van der Waals surface area contributed by atoms with E-state index in [9.17, 15) is 14.0 Å². The molecule has 162 valence electrons. The molecule has 0 aliphatic rings. The minimum absolute atomic E-state index is 0.0943. The summed E-state index contributed by atoms with van der Waals surface area (Å²) in [5.74, 6) is 0.347. The molecule has 2 amide bonds. The van der Waals surface area contributed by atoms with E-state index >= 15 is 0 Å². The van der Waals surface area contributed by atoms with E-state index in [4.69, 9.17) is 0 Å². The standard InChI is InChI=1S/C23H28BrFN2O2S/c1-3-4-13-26-23(29)17(2)27(14-18-5-9-20(24)10-6-18)22(28)16-30-15-19-7-11-21(25)12-8-19/h5-12,17H,3-4,13-16H2,1-2H3,(H,26,29)/t17-/m0/s1. The summed E-state index contributed by atoms with van der Waals surface area (Å²) in [6.45, 7) is 4.81. The molecule has 0 unspecified atom stereocenters. The Labute approximate surface area is 190 Å². The lowest BCUT2D eigenvalue weighted by Crippen LogP contribution is -2.48. The first-order valence-corrected chi connectivity index (χ1v) is 12.0. The lowest BCUT2D eigenvalue weighted by molar-refractivity contribution is -0.138. The Hall–Kier alpha value is -1.86. The maximum absolute atomic E-state index is 13.0. The summed E-state index contributed by atoms with van der Waals surface area (Å²) in [6, 6.07) is 13.4. The van der Waals surface area contributed by atoms with Crippen LogP contribution in [0.4, 0.5) is 4.39 Å². The van der Waals surface area contributed by atoms with Gasteiger partial charge in [0.2, 0.25) is 11.8 Å². The molecular weight excluding hydrogens is 467 g/mol. The van der Waals surface area contributed by atoms with Crippen LogP contribution in [0.2, 0.25) is 0 Å². The summed E-state index contributed by atoms with van der Waals surface area (Å²) in [5, 5.41) is 2.92. The number of hydrogen-bond acceptors (Lipinski definition) is 3. The summed E-state index contributed by atoms with van der Waals surface area (Å²) in [4.78, 5) is 27.2. The van der Waals surface area contributed by atoms with Gasteiger partial charge in [-0.3, -0.25) is 9.59 Å². The van der Waals surface area contributed by atoms with Gasteiger partial charge in [0.05, 0.1) is 5.75 Å². The molecule has 2 aromatic rings. The highest BCUT2D eigenvalue weighted by Crippen LogP contribution is 2.17. The van der Waals surface area contributed by atoms with Crippen LogP contribution in [-0.4, -0.2) is 35.1 Å². The number of benzene rings is 2. The van der Waals surface area contributed by atoms with E-state index in [-0.39, 0.29) is 23.4 Å². The second-order valence-electron chi connectivity index (χ2n) is 7.09. The average molecular weight is 495 g/mol. The van der Waals surface area contributed by atoms with E-state index in [1.54, 1.807) is 24.0 Å². The molecule has 0 aromatic heterocycles. The fraction of sp³-hybridized carbons (Fsp3) is 0.391. The molecule has 2 aromatic carbocycles. The average Bonchev–Trinajstić information content (AvgIpc) is 2.74. The number of nitrogens with one attached hydrogen (secondary N) is 1. The van der Waals surface area contributed by atoms with Gasteiger partial charge in [0.1, 0.15) is 11.9 Å². The van der Waals surface area contributed by atoms with Gasteiger partial charge in [-0.05, 0) is 48.7 Å². The molecule has 0 aliphatic heterocycles. The number of unbranched alkanes of at least 4 members (excludes halogenated alkanes) is 1. The first kappa shape index (κ1) is 24.4. The van der Waals surface area contributed by atoms with Crippen molar-refractivity contribution in [2.24, 2.45) is 0 Å². The van der Waals surface area contributed by atoms with Crippen LogP contribution in [0.1, 0.15) is 37.8 Å². The quantitative estimate of drug-likeness (QED) is 0.439. The van der Waals surface area contributed by atoms with Gasteiger partial charge in [0, 0.05) is 23.3 Å². The van der Waals surface area contributed by atoms with Crippen molar-refractivity contribution in [1.29, 1.82) is 0 Å². The molecule has 0 radical (unpaired) electrons. The molecule has 0 heterocycles. The fourth-order valence-corrected chi connectivity index (χ4v) is 3.96. The Kier molecular flexibility index (Phi) is 10.4. The van der Waals surface area contributed by atoms with Gasteiger partial charge >= 0.3 is 0 Å². The zero-order valence-electron chi connectivity index (χ0n) is 17.4. The Morgan fingerprint density at radius 1 is 1.10 bits per heavy atom. The van der Waals surface area contributed by atoms with Crippen LogP contribution >= 0.6 is 27.7 Å². The second-order valence-corrected chi connectivity index (χ2v) is 8.99. The predicted molar refractivity (Wildman–Crippen MR) is 125 cm³/mol. The van der Waals surface area contributed by atoms with Gasteiger partial charge in [0.15, 0.2) is 0 Å². The normalized spacial score (nSPS) is 11.7. The summed E-state index contributed by atoms with van der Waals surface area (Å²) in [5.41, 5.74) is 1.92. The SMILES string of the molecule is CCCCNC(=O)[C@H](C)N(Cc1ccc(Br)cc1)C(=O)CSCc1ccc(F)cc1. The van der Waals surface area contributed by atoms with Crippen molar-refractivity contribution in [3.8, 4) is 0 Å². The molecule has 2 rings (SSSR count). The van der Waals surface area contributed by atoms with Crippen LogP contribution in [0.25, 0.3) is 0 Å². The van der Waals surface area contributed by atoms with Crippen molar-refractivity contribution in [3.63, 3.8) is 0 Å². The number of carbonyl (C=O) groups is 2. The zero-order valence-corrected chi connectivity index (χ0v) is 19.8. The van der Waals surface area contributed by atoms with Crippen molar-refractivity contribution < 1.29 is 14.0 Å². The van der Waals surface area contributed by atoms with E-state index < -0.39 is 6.04 Å². The number of hydrogen-bond donors (Lipinski definition) is 1. The Balaban J connectivity index is 2.02. The third kappa shape index (κ3) is 8.11. The van der Waals surface area contributed by atoms with Crippen LogP contribution in [0.3, 0.4) is 0 Å². The second kappa shape index (κ2) is 12.7. The summed E-state index contributed by atoms with van der Waals surface area (Å²) in [6.07, 6.45) is 1.91. The summed E-state index contributed by atoms with van der Waals surface area (Å²) >= 11 is 4.88. The monoisotopic (exact) mass is 494 g/mol. The number of nitrogens with zero attached hydrogens (tertiary/aromatic N) is 1. The first-order chi connectivity index (χ1) is 14.4. The van der Waals surface area contributed by atoms with Crippen molar-refractivity contribution in [2.75, 3.05) is 12.3 Å².